The molecule has 0 bridgehead atoms. The van der Waals surface area contributed by atoms with E-state index in [-0.39, 0.29) is 17.6 Å². The Kier molecular flexibility index (Phi) is 8.20. The Balaban J connectivity index is 1.39. The van der Waals surface area contributed by atoms with E-state index in [4.69, 9.17) is 9.97 Å². The van der Waals surface area contributed by atoms with Crippen molar-refractivity contribution in [2.45, 2.75) is 70.9 Å². The molecule has 4 aromatic rings. The van der Waals surface area contributed by atoms with Crippen LogP contribution in [-0.2, 0) is 13.0 Å². The van der Waals surface area contributed by atoms with Crippen molar-refractivity contribution in [2.75, 3.05) is 5.32 Å². The van der Waals surface area contributed by atoms with E-state index < -0.39 is 5.97 Å². The van der Waals surface area contributed by atoms with E-state index in [1.165, 1.54) is 6.42 Å². The van der Waals surface area contributed by atoms with E-state index >= 15 is 0 Å². The summed E-state index contributed by atoms with van der Waals surface area (Å²) in [4.78, 5) is 34.0. The second-order valence-electron chi connectivity index (χ2n) is 10.2. The quantitative estimate of drug-likeness (QED) is 0.227. The molecule has 2 aromatic carbocycles. The van der Waals surface area contributed by atoms with Crippen LogP contribution in [0.5, 0.6) is 0 Å². The molecule has 0 radical (unpaired) electrons. The van der Waals surface area contributed by atoms with Crippen LogP contribution in [0.4, 0.5) is 10.6 Å². The monoisotopic (exact) mass is 525 g/mol. The average molecular weight is 526 g/mol. The van der Waals surface area contributed by atoms with Gasteiger partial charge in [-0.2, -0.15) is 0 Å². The summed E-state index contributed by atoms with van der Waals surface area (Å²) in [5.74, 6) is 0.520. The van der Waals surface area contributed by atoms with E-state index in [1.54, 1.807) is 18.2 Å². The molecule has 2 heterocycles. The third kappa shape index (κ3) is 6.28. The molecule has 0 saturated heterocycles. The number of carbonyl (C=O) groups excluding carboxylic acids is 1. The standard InChI is InChI=1S/C31H35N5O3/c1-2-3-13-28-33-26-18-19-27(35-31(39)32-23-9-5-4-6-10-23)34-29(26)36(28)20-21-14-16-22(17-15-21)24-11-7-8-12-25(24)30(37)38/h7-8,11-12,14-19,23H,2-6,9-10,13,20H2,1H3,(H,37,38)(H2,32,34,35,39). The summed E-state index contributed by atoms with van der Waals surface area (Å²) in [6.07, 6.45) is 8.50. The second-order valence-corrected chi connectivity index (χ2v) is 10.2. The molecule has 2 amide bonds. The molecule has 8 heteroatoms. The number of carboxylic acid groups (broad SMARTS) is 1. The van der Waals surface area contributed by atoms with Crippen LogP contribution in [0.25, 0.3) is 22.3 Å². The van der Waals surface area contributed by atoms with Gasteiger partial charge in [-0.25, -0.2) is 19.6 Å². The SMILES string of the molecule is CCCCc1nc2ccc(NC(=O)NC3CCCCC3)nc2n1Cc1ccc(-c2ccccc2C(=O)O)cc1. The first-order valence-corrected chi connectivity index (χ1v) is 13.9. The number of anilines is 1. The van der Waals surface area contributed by atoms with Gasteiger partial charge in [0.05, 0.1) is 12.1 Å². The van der Waals surface area contributed by atoms with Crippen LogP contribution in [0, 0.1) is 0 Å². The molecule has 0 aliphatic heterocycles. The first kappa shape index (κ1) is 26.4. The number of nitrogens with zero attached hydrogens (tertiary/aromatic N) is 3. The molecule has 0 spiro atoms. The minimum atomic E-state index is -0.942. The van der Waals surface area contributed by atoms with Gasteiger partial charge in [-0.1, -0.05) is 75.1 Å². The number of benzene rings is 2. The highest BCUT2D eigenvalue weighted by atomic mass is 16.4. The number of imidazole rings is 1. The van der Waals surface area contributed by atoms with Gasteiger partial charge in [-0.05, 0) is 54.2 Å². The molecule has 3 N–H and O–H groups in total. The minimum Gasteiger partial charge on any atom is -0.478 e. The fourth-order valence-electron chi connectivity index (χ4n) is 5.29. The van der Waals surface area contributed by atoms with Crippen LogP contribution in [0.15, 0.2) is 60.7 Å². The zero-order chi connectivity index (χ0) is 27.2. The Labute approximate surface area is 228 Å². The molecule has 8 nitrogen and oxygen atoms in total. The summed E-state index contributed by atoms with van der Waals surface area (Å²) in [5, 5.41) is 15.6. The molecule has 5 rings (SSSR count). The van der Waals surface area contributed by atoms with Gasteiger partial charge in [0, 0.05) is 12.5 Å². The number of pyridine rings is 1. The highest BCUT2D eigenvalue weighted by Gasteiger charge is 2.18. The molecule has 1 saturated carbocycles. The van der Waals surface area contributed by atoms with E-state index in [0.29, 0.717) is 17.9 Å². The number of carboxylic acids is 1. The largest absolute Gasteiger partial charge is 0.478 e. The molecule has 1 fully saturated rings. The first-order chi connectivity index (χ1) is 19.0. The molecular formula is C31H35N5O3. The third-order valence-electron chi connectivity index (χ3n) is 7.37. The van der Waals surface area contributed by atoms with Crippen LogP contribution < -0.4 is 10.6 Å². The number of fused-ring (bicyclic) bond motifs is 1. The number of hydrogen-bond acceptors (Lipinski definition) is 4. The van der Waals surface area contributed by atoms with Gasteiger partial charge in [0.15, 0.2) is 5.65 Å². The lowest BCUT2D eigenvalue weighted by molar-refractivity contribution is 0.0697. The number of nitrogens with one attached hydrogen (secondary N) is 2. The highest BCUT2D eigenvalue weighted by Crippen LogP contribution is 2.26. The summed E-state index contributed by atoms with van der Waals surface area (Å²) in [5.41, 5.74) is 4.41. The van der Waals surface area contributed by atoms with E-state index in [9.17, 15) is 14.7 Å². The van der Waals surface area contributed by atoms with Crippen molar-refractivity contribution >= 4 is 29.0 Å². The number of hydrogen-bond donors (Lipinski definition) is 3. The Bertz CT molecular complexity index is 1460. The Morgan fingerprint density at radius 3 is 2.49 bits per heavy atom. The van der Waals surface area contributed by atoms with Gasteiger partial charge >= 0.3 is 12.0 Å². The molecule has 0 unspecified atom stereocenters. The Hall–Kier alpha value is -4.20. The van der Waals surface area contributed by atoms with Crippen molar-refractivity contribution in [1.29, 1.82) is 0 Å². The lowest BCUT2D eigenvalue weighted by Gasteiger charge is -2.22. The fourth-order valence-corrected chi connectivity index (χ4v) is 5.29. The van der Waals surface area contributed by atoms with Crippen LogP contribution >= 0.6 is 0 Å². The number of aromatic nitrogens is 3. The summed E-state index contributed by atoms with van der Waals surface area (Å²) in [6, 6.07) is 18.7. The van der Waals surface area contributed by atoms with Gasteiger partial charge in [0.25, 0.3) is 0 Å². The van der Waals surface area contributed by atoms with E-state index in [1.807, 2.05) is 42.5 Å². The topological polar surface area (TPSA) is 109 Å². The van der Waals surface area contributed by atoms with Crippen molar-refractivity contribution in [3.63, 3.8) is 0 Å². The Morgan fingerprint density at radius 2 is 1.74 bits per heavy atom. The Morgan fingerprint density at radius 1 is 0.974 bits per heavy atom. The van der Waals surface area contributed by atoms with Crippen molar-refractivity contribution < 1.29 is 14.7 Å². The number of amides is 2. The number of aromatic carboxylic acids is 1. The zero-order valence-electron chi connectivity index (χ0n) is 22.3. The van der Waals surface area contributed by atoms with Crippen LogP contribution in [-0.4, -0.2) is 37.7 Å². The maximum absolute atomic E-state index is 12.6. The molecule has 1 aliphatic rings. The molecule has 0 atom stereocenters. The van der Waals surface area contributed by atoms with Crippen molar-refractivity contribution in [1.82, 2.24) is 19.9 Å². The molecule has 1 aliphatic carbocycles. The van der Waals surface area contributed by atoms with Crippen LogP contribution in [0.3, 0.4) is 0 Å². The zero-order valence-corrected chi connectivity index (χ0v) is 22.3. The average Bonchev–Trinajstić information content (AvgIpc) is 3.29. The predicted octanol–water partition coefficient (Wildman–Crippen LogP) is 6.64. The first-order valence-electron chi connectivity index (χ1n) is 13.9. The summed E-state index contributed by atoms with van der Waals surface area (Å²) in [7, 11) is 0. The van der Waals surface area contributed by atoms with Gasteiger partial charge in [0.1, 0.15) is 17.2 Å². The molecule has 39 heavy (non-hydrogen) atoms. The molecule has 202 valence electrons. The van der Waals surface area contributed by atoms with E-state index in [2.05, 4.69) is 22.1 Å². The van der Waals surface area contributed by atoms with E-state index in [0.717, 1.165) is 73.1 Å². The highest BCUT2D eigenvalue weighted by molar-refractivity contribution is 5.96. The normalized spacial score (nSPS) is 13.9. The van der Waals surface area contributed by atoms with Gasteiger partial charge < -0.3 is 15.0 Å². The second kappa shape index (κ2) is 12.1. The minimum absolute atomic E-state index is 0.219. The molecule has 2 aromatic heterocycles. The number of unbranched alkanes of at least 4 members (excludes halogenated alkanes) is 1. The smallest absolute Gasteiger partial charge is 0.336 e. The lowest BCUT2D eigenvalue weighted by Crippen LogP contribution is -2.39. The van der Waals surface area contributed by atoms with Crippen molar-refractivity contribution in [2.24, 2.45) is 0 Å². The van der Waals surface area contributed by atoms with Gasteiger partial charge in [-0.3, -0.25) is 5.32 Å². The van der Waals surface area contributed by atoms with Crippen LogP contribution in [0.2, 0.25) is 0 Å². The number of rotatable bonds is 9. The third-order valence-corrected chi connectivity index (χ3v) is 7.37. The van der Waals surface area contributed by atoms with Crippen LogP contribution in [0.1, 0.15) is 73.6 Å². The summed E-state index contributed by atoms with van der Waals surface area (Å²) >= 11 is 0. The predicted molar refractivity (Wildman–Crippen MR) is 153 cm³/mol. The number of aryl methyl sites for hydroxylation is 1. The maximum Gasteiger partial charge on any atom is 0.336 e. The number of carbonyl (C=O) groups is 2. The van der Waals surface area contributed by atoms with Gasteiger partial charge in [0.2, 0.25) is 0 Å². The summed E-state index contributed by atoms with van der Waals surface area (Å²) in [6.45, 7) is 2.73. The fraction of sp³-hybridized carbons (Fsp3) is 0.355. The van der Waals surface area contributed by atoms with Crippen molar-refractivity contribution in [3.05, 3.63) is 77.6 Å². The molecular weight excluding hydrogens is 490 g/mol. The summed E-state index contributed by atoms with van der Waals surface area (Å²) < 4.78 is 2.12. The van der Waals surface area contributed by atoms with Gasteiger partial charge in [-0.15, -0.1) is 0 Å². The number of urea groups is 1. The van der Waals surface area contributed by atoms with Crippen molar-refractivity contribution in [3.8, 4) is 11.1 Å². The maximum atomic E-state index is 12.6. The lowest BCUT2D eigenvalue weighted by atomic mass is 9.96.